The number of carbonyl (C=O) groups is 3. The molecule has 2 rings (SSSR count). The van der Waals surface area contributed by atoms with Crippen molar-refractivity contribution in [2.45, 2.75) is 47.6 Å². The maximum absolute atomic E-state index is 13.4. The van der Waals surface area contributed by atoms with Gasteiger partial charge in [0.1, 0.15) is 5.69 Å². The number of ketones is 1. The molecule has 1 heterocycles. The summed E-state index contributed by atoms with van der Waals surface area (Å²) in [5.74, 6) is -0.711. The van der Waals surface area contributed by atoms with E-state index in [1.807, 2.05) is 32.9 Å². The van der Waals surface area contributed by atoms with Crippen molar-refractivity contribution in [1.82, 2.24) is 9.88 Å². The van der Waals surface area contributed by atoms with Gasteiger partial charge in [-0.1, -0.05) is 31.5 Å². The van der Waals surface area contributed by atoms with Gasteiger partial charge in [-0.2, -0.15) is 0 Å². The zero-order chi connectivity index (χ0) is 21.9. The average Bonchev–Trinajstić information content (AvgIpc) is 2.98. The van der Waals surface area contributed by atoms with Crippen LogP contribution in [0.25, 0.3) is 0 Å². The van der Waals surface area contributed by atoms with Crippen LogP contribution in [0.15, 0.2) is 24.3 Å². The molecule has 0 aliphatic rings. The van der Waals surface area contributed by atoms with Crippen LogP contribution in [0.4, 0.5) is 0 Å². The molecular weight excluding hydrogens is 368 g/mol. The highest BCUT2D eigenvalue weighted by atomic mass is 16.5. The van der Waals surface area contributed by atoms with Crippen LogP contribution in [0.2, 0.25) is 0 Å². The van der Waals surface area contributed by atoms with E-state index in [-0.39, 0.29) is 23.3 Å². The first-order chi connectivity index (χ1) is 13.6. The minimum Gasteiger partial charge on any atom is -0.464 e. The summed E-state index contributed by atoms with van der Waals surface area (Å²) in [5.41, 5.74) is 3.44. The largest absolute Gasteiger partial charge is 0.464 e. The number of nitrogens with zero attached hydrogens (tertiary/aromatic N) is 1. The molecule has 1 aromatic carbocycles. The second kappa shape index (κ2) is 9.07. The summed E-state index contributed by atoms with van der Waals surface area (Å²) in [6.45, 7) is 11.6. The van der Waals surface area contributed by atoms with Crippen molar-refractivity contribution in [2.24, 2.45) is 5.92 Å². The Kier molecular flexibility index (Phi) is 7.01. The van der Waals surface area contributed by atoms with Crippen molar-refractivity contribution in [1.29, 1.82) is 0 Å². The number of hydrogen-bond donors (Lipinski definition) is 1. The van der Waals surface area contributed by atoms with E-state index in [2.05, 4.69) is 4.98 Å². The molecule has 1 atom stereocenters. The van der Waals surface area contributed by atoms with Gasteiger partial charge in [0.2, 0.25) is 0 Å². The fourth-order valence-electron chi connectivity index (χ4n) is 3.45. The highest BCUT2D eigenvalue weighted by Crippen LogP contribution is 2.23. The molecule has 0 saturated heterocycles. The molecule has 1 N–H and O–H groups in total. The van der Waals surface area contributed by atoms with Gasteiger partial charge in [0, 0.05) is 23.4 Å². The molecule has 0 spiro atoms. The molecule has 0 unspecified atom stereocenters. The van der Waals surface area contributed by atoms with Gasteiger partial charge in [0.05, 0.1) is 13.2 Å². The normalized spacial score (nSPS) is 12.0. The fraction of sp³-hybridized carbons (Fsp3) is 0.435. The van der Waals surface area contributed by atoms with E-state index in [0.29, 0.717) is 28.9 Å². The molecule has 6 nitrogen and oxygen atoms in total. The van der Waals surface area contributed by atoms with Crippen LogP contribution >= 0.6 is 0 Å². The molecule has 156 valence electrons. The van der Waals surface area contributed by atoms with Gasteiger partial charge in [-0.3, -0.25) is 9.59 Å². The number of rotatable bonds is 7. The van der Waals surface area contributed by atoms with Crippen LogP contribution in [0, 0.1) is 26.7 Å². The van der Waals surface area contributed by atoms with Crippen molar-refractivity contribution in [3.63, 3.8) is 0 Å². The Morgan fingerprint density at radius 2 is 1.62 bits per heavy atom. The Balaban J connectivity index is 2.41. The van der Waals surface area contributed by atoms with E-state index in [4.69, 9.17) is 4.74 Å². The number of benzene rings is 1. The number of carbonyl (C=O) groups excluding carboxylic acids is 3. The molecule has 0 bridgehead atoms. The molecule has 0 radical (unpaired) electrons. The van der Waals surface area contributed by atoms with Crippen LogP contribution in [0.3, 0.4) is 0 Å². The van der Waals surface area contributed by atoms with Crippen molar-refractivity contribution in [2.75, 3.05) is 13.7 Å². The topological polar surface area (TPSA) is 79.5 Å². The van der Waals surface area contributed by atoms with Crippen molar-refractivity contribution in [3.05, 3.63) is 57.9 Å². The first-order valence-electron chi connectivity index (χ1n) is 9.77. The summed E-state index contributed by atoms with van der Waals surface area (Å²) in [4.78, 5) is 43.1. The van der Waals surface area contributed by atoms with Crippen LogP contribution < -0.4 is 0 Å². The van der Waals surface area contributed by atoms with E-state index >= 15 is 0 Å². The number of H-pyrrole nitrogens is 1. The number of aryl methyl sites for hydroxylation is 2. The van der Waals surface area contributed by atoms with Gasteiger partial charge in [0.15, 0.2) is 5.78 Å². The van der Waals surface area contributed by atoms with Crippen LogP contribution in [-0.4, -0.2) is 47.2 Å². The summed E-state index contributed by atoms with van der Waals surface area (Å²) in [6.07, 6.45) is 0. The number of nitrogens with one attached hydrogen (secondary N) is 1. The second-order valence-electron chi connectivity index (χ2n) is 7.87. The van der Waals surface area contributed by atoms with Gasteiger partial charge < -0.3 is 14.6 Å². The quantitative estimate of drug-likeness (QED) is 0.563. The SMILES string of the molecule is COC(=O)c1[nH]c(C)c(C(=O)[C@H](C)N(CC(C)C)C(=O)c2ccc(C)cc2)c1C. The third-order valence-corrected chi connectivity index (χ3v) is 5.04. The third-order valence-electron chi connectivity index (χ3n) is 5.04. The molecule has 6 heteroatoms. The first-order valence-corrected chi connectivity index (χ1v) is 9.77. The van der Waals surface area contributed by atoms with Crippen molar-refractivity contribution in [3.8, 4) is 0 Å². The Labute approximate surface area is 172 Å². The molecule has 1 amide bonds. The number of esters is 1. The van der Waals surface area contributed by atoms with E-state index in [0.717, 1.165) is 5.56 Å². The predicted octanol–water partition coefficient (Wildman–Crippen LogP) is 4.10. The summed E-state index contributed by atoms with van der Waals surface area (Å²) in [7, 11) is 1.30. The second-order valence-corrected chi connectivity index (χ2v) is 7.87. The lowest BCUT2D eigenvalue weighted by Crippen LogP contribution is -2.45. The number of aromatic amines is 1. The third kappa shape index (κ3) is 4.75. The molecule has 29 heavy (non-hydrogen) atoms. The van der Waals surface area contributed by atoms with Crippen LogP contribution in [-0.2, 0) is 4.74 Å². The van der Waals surface area contributed by atoms with Crippen molar-refractivity contribution >= 4 is 17.7 Å². The van der Waals surface area contributed by atoms with E-state index in [1.54, 1.807) is 37.8 Å². The number of methoxy groups -OCH3 is 1. The van der Waals surface area contributed by atoms with Gasteiger partial charge >= 0.3 is 5.97 Å². The summed E-state index contributed by atoms with van der Waals surface area (Å²) in [5, 5.41) is 0. The fourth-order valence-corrected chi connectivity index (χ4v) is 3.45. The average molecular weight is 399 g/mol. The highest BCUT2D eigenvalue weighted by molar-refractivity contribution is 6.07. The van der Waals surface area contributed by atoms with Gasteiger partial charge in [-0.25, -0.2) is 4.79 Å². The Bertz CT molecular complexity index is 910. The molecular formula is C23H30N2O4. The molecule has 0 aliphatic heterocycles. The van der Waals surface area contributed by atoms with Crippen LogP contribution in [0.1, 0.15) is 68.8 Å². The Hall–Kier alpha value is -2.89. The van der Waals surface area contributed by atoms with Gasteiger partial charge in [0.25, 0.3) is 5.91 Å². The first kappa shape index (κ1) is 22.4. The molecule has 1 aromatic heterocycles. The zero-order valence-corrected chi connectivity index (χ0v) is 18.3. The zero-order valence-electron chi connectivity index (χ0n) is 18.3. The minimum atomic E-state index is -0.676. The number of hydrogen-bond acceptors (Lipinski definition) is 4. The lowest BCUT2D eigenvalue weighted by atomic mass is 9.98. The molecule has 2 aromatic rings. The van der Waals surface area contributed by atoms with Gasteiger partial charge in [-0.15, -0.1) is 0 Å². The standard InChI is InChI=1S/C23H30N2O4/c1-13(2)12-25(22(27)18-10-8-14(3)9-11-18)17(6)21(26)19-15(4)20(23(28)29-7)24-16(19)5/h8-11,13,17,24H,12H2,1-7H3/t17-/m0/s1. The number of amides is 1. The maximum Gasteiger partial charge on any atom is 0.354 e. The monoisotopic (exact) mass is 398 g/mol. The predicted molar refractivity (Wildman–Crippen MR) is 112 cm³/mol. The van der Waals surface area contributed by atoms with Gasteiger partial charge in [-0.05, 0) is 51.3 Å². The molecule has 0 saturated carbocycles. The van der Waals surface area contributed by atoms with E-state index in [1.165, 1.54) is 7.11 Å². The summed E-state index contributed by atoms with van der Waals surface area (Å²) >= 11 is 0. The van der Waals surface area contributed by atoms with E-state index < -0.39 is 12.0 Å². The van der Waals surface area contributed by atoms with Crippen LogP contribution in [0.5, 0.6) is 0 Å². The Morgan fingerprint density at radius 1 is 1.03 bits per heavy atom. The lowest BCUT2D eigenvalue weighted by Gasteiger charge is -2.30. The van der Waals surface area contributed by atoms with Crippen molar-refractivity contribution < 1.29 is 19.1 Å². The number of aromatic nitrogens is 1. The summed E-state index contributed by atoms with van der Waals surface area (Å²) < 4.78 is 4.79. The summed E-state index contributed by atoms with van der Waals surface area (Å²) in [6, 6.07) is 6.66. The number of ether oxygens (including phenoxy) is 1. The lowest BCUT2D eigenvalue weighted by molar-refractivity contribution is 0.0591. The number of Topliss-reactive ketones (excluding diaryl/α,β-unsaturated/α-hetero) is 1. The molecule has 0 aliphatic carbocycles. The van der Waals surface area contributed by atoms with E-state index in [9.17, 15) is 14.4 Å². The maximum atomic E-state index is 13.4. The Morgan fingerprint density at radius 3 is 2.14 bits per heavy atom. The highest BCUT2D eigenvalue weighted by Gasteiger charge is 2.32. The smallest absolute Gasteiger partial charge is 0.354 e. The molecule has 0 fully saturated rings. The minimum absolute atomic E-state index is 0.182.